The Bertz CT molecular complexity index is 442. The number of anilines is 1. The Morgan fingerprint density at radius 2 is 2.38 bits per heavy atom. The van der Waals surface area contributed by atoms with Crippen LogP contribution in [0, 0.1) is 0 Å². The van der Waals surface area contributed by atoms with Crippen LogP contribution in [-0.4, -0.2) is 31.2 Å². The highest BCUT2D eigenvalue weighted by Crippen LogP contribution is 2.09. The Morgan fingerprint density at radius 3 is 2.88 bits per heavy atom. The predicted octanol–water partition coefficient (Wildman–Crippen LogP) is -0.0584. The number of aromatic nitrogens is 1. The number of amides is 2. The lowest BCUT2D eigenvalue weighted by atomic mass is 10.5. The summed E-state index contributed by atoms with van der Waals surface area (Å²) in [7, 11) is -3.62. The summed E-state index contributed by atoms with van der Waals surface area (Å²) >= 11 is 1.27. The van der Waals surface area contributed by atoms with Gasteiger partial charge in [0.2, 0.25) is 10.0 Å². The minimum absolute atomic E-state index is 0.0456. The second kappa shape index (κ2) is 5.23. The summed E-state index contributed by atoms with van der Waals surface area (Å²) in [6.07, 6.45) is 1.55. The molecule has 4 N–H and O–H groups in total. The molecular formula is C7H12N4O3S2. The van der Waals surface area contributed by atoms with Crippen molar-refractivity contribution in [1.29, 1.82) is 0 Å². The molecule has 1 aromatic rings. The van der Waals surface area contributed by atoms with Crippen molar-refractivity contribution in [3.05, 3.63) is 11.6 Å². The lowest BCUT2D eigenvalue weighted by Crippen LogP contribution is -2.39. The van der Waals surface area contributed by atoms with E-state index in [4.69, 9.17) is 5.14 Å². The third-order valence-corrected chi connectivity index (χ3v) is 3.74. The molecule has 1 atom stereocenters. The monoisotopic (exact) mass is 264 g/mol. The van der Waals surface area contributed by atoms with Crippen LogP contribution in [-0.2, 0) is 10.0 Å². The summed E-state index contributed by atoms with van der Waals surface area (Å²) in [5.41, 5.74) is 0. The number of hydrogen-bond donors (Lipinski definition) is 3. The summed E-state index contributed by atoms with van der Waals surface area (Å²) in [5.74, 6) is 0. The average molecular weight is 264 g/mol. The Kier molecular flexibility index (Phi) is 4.21. The highest BCUT2D eigenvalue weighted by Gasteiger charge is 2.16. The maximum atomic E-state index is 11.3. The average Bonchev–Trinajstić information content (AvgIpc) is 2.65. The van der Waals surface area contributed by atoms with Gasteiger partial charge in [-0.2, -0.15) is 0 Å². The van der Waals surface area contributed by atoms with Gasteiger partial charge >= 0.3 is 6.03 Å². The normalized spacial score (nSPS) is 13.1. The number of primary sulfonamides is 1. The molecule has 0 spiro atoms. The van der Waals surface area contributed by atoms with Crippen LogP contribution in [0.1, 0.15) is 6.92 Å². The van der Waals surface area contributed by atoms with Crippen molar-refractivity contribution in [1.82, 2.24) is 10.3 Å². The zero-order valence-electron chi connectivity index (χ0n) is 8.50. The lowest BCUT2D eigenvalue weighted by Gasteiger charge is -2.10. The van der Waals surface area contributed by atoms with E-state index < -0.39 is 21.3 Å². The van der Waals surface area contributed by atoms with Gasteiger partial charge in [-0.3, -0.25) is 5.32 Å². The van der Waals surface area contributed by atoms with Crippen molar-refractivity contribution >= 4 is 32.5 Å². The van der Waals surface area contributed by atoms with Crippen LogP contribution in [0.25, 0.3) is 0 Å². The number of nitrogens with one attached hydrogen (secondary N) is 2. The Balaban J connectivity index is 2.36. The highest BCUT2D eigenvalue weighted by atomic mass is 32.2. The molecule has 1 heterocycles. The van der Waals surface area contributed by atoms with Gasteiger partial charge in [-0.1, -0.05) is 0 Å². The predicted molar refractivity (Wildman–Crippen MR) is 61.7 cm³/mol. The molecule has 1 unspecified atom stereocenters. The van der Waals surface area contributed by atoms with Crippen LogP contribution in [0.15, 0.2) is 11.6 Å². The summed E-state index contributed by atoms with van der Waals surface area (Å²) in [4.78, 5) is 15.1. The van der Waals surface area contributed by atoms with Gasteiger partial charge in [0, 0.05) is 18.1 Å². The minimum atomic E-state index is -3.62. The van der Waals surface area contributed by atoms with Crippen molar-refractivity contribution in [3.8, 4) is 0 Å². The molecule has 2 amide bonds. The number of nitrogens with two attached hydrogens (primary N) is 1. The quantitative estimate of drug-likeness (QED) is 0.706. The molecule has 1 rings (SSSR count). The van der Waals surface area contributed by atoms with Crippen molar-refractivity contribution in [3.63, 3.8) is 0 Å². The van der Waals surface area contributed by atoms with Crippen LogP contribution in [0.3, 0.4) is 0 Å². The van der Waals surface area contributed by atoms with Gasteiger partial charge in [0.1, 0.15) is 0 Å². The van der Waals surface area contributed by atoms with E-state index in [1.165, 1.54) is 18.3 Å². The summed E-state index contributed by atoms with van der Waals surface area (Å²) in [6.45, 7) is 1.37. The van der Waals surface area contributed by atoms with Crippen LogP contribution >= 0.6 is 11.3 Å². The SMILES string of the molecule is CC(CNC(=O)Nc1nccs1)S(N)(=O)=O. The van der Waals surface area contributed by atoms with E-state index >= 15 is 0 Å². The standard InChI is InChI=1S/C7H12N4O3S2/c1-5(16(8,13)14)4-10-6(12)11-7-9-2-3-15-7/h2-3,5H,4H2,1H3,(H2,8,13,14)(H2,9,10,11,12). The molecule has 0 saturated carbocycles. The van der Waals surface area contributed by atoms with Crippen molar-refractivity contribution < 1.29 is 13.2 Å². The number of nitrogens with zero attached hydrogens (tertiary/aromatic N) is 1. The zero-order valence-corrected chi connectivity index (χ0v) is 10.1. The summed E-state index contributed by atoms with van der Waals surface area (Å²) < 4.78 is 21.7. The lowest BCUT2D eigenvalue weighted by molar-refractivity contribution is 0.252. The molecule has 9 heteroatoms. The number of thiazole rings is 1. The van der Waals surface area contributed by atoms with Gasteiger partial charge < -0.3 is 5.32 Å². The van der Waals surface area contributed by atoms with Crippen molar-refractivity contribution in [2.24, 2.45) is 5.14 Å². The van der Waals surface area contributed by atoms with Gasteiger partial charge in [0.05, 0.1) is 5.25 Å². The summed E-state index contributed by atoms with van der Waals surface area (Å²) in [5, 5.41) is 11.1. The van der Waals surface area contributed by atoms with Crippen LogP contribution < -0.4 is 15.8 Å². The van der Waals surface area contributed by atoms with E-state index in [0.29, 0.717) is 5.13 Å². The summed E-state index contributed by atoms with van der Waals surface area (Å²) in [6, 6.07) is -0.509. The van der Waals surface area contributed by atoms with E-state index in [-0.39, 0.29) is 6.54 Å². The molecule has 0 aliphatic carbocycles. The first-order valence-corrected chi connectivity index (χ1v) is 6.84. The maximum Gasteiger partial charge on any atom is 0.321 e. The molecule has 0 aromatic carbocycles. The van der Waals surface area contributed by atoms with Crippen LogP contribution in [0.5, 0.6) is 0 Å². The zero-order chi connectivity index (χ0) is 12.2. The van der Waals surface area contributed by atoms with Crippen LogP contribution in [0.4, 0.5) is 9.93 Å². The van der Waals surface area contributed by atoms with E-state index in [2.05, 4.69) is 15.6 Å². The fourth-order valence-corrected chi connectivity index (χ4v) is 1.62. The van der Waals surface area contributed by atoms with Gasteiger partial charge in [0.25, 0.3) is 0 Å². The van der Waals surface area contributed by atoms with Crippen LogP contribution in [0.2, 0.25) is 0 Å². The first kappa shape index (κ1) is 12.9. The molecule has 7 nitrogen and oxygen atoms in total. The smallest absolute Gasteiger partial charge is 0.321 e. The van der Waals surface area contributed by atoms with Gasteiger partial charge in [-0.05, 0) is 6.92 Å². The molecule has 0 aliphatic rings. The molecule has 0 radical (unpaired) electrons. The van der Waals surface area contributed by atoms with Gasteiger partial charge in [-0.15, -0.1) is 11.3 Å². The Morgan fingerprint density at radius 1 is 1.69 bits per heavy atom. The van der Waals surface area contributed by atoms with Gasteiger partial charge in [0.15, 0.2) is 5.13 Å². The molecule has 16 heavy (non-hydrogen) atoms. The van der Waals surface area contributed by atoms with E-state index in [9.17, 15) is 13.2 Å². The highest BCUT2D eigenvalue weighted by molar-refractivity contribution is 7.89. The number of carbonyl (C=O) groups excluding carboxylic acids is 1. The Hall–Kier alpha value is -1.19. The Labute approximate surface area is 97.1 Å². The molecule has 0 bridgehead atoms. The molecule has 0 aliphatic heterocycles. The van der Waals surface area contributed by atoms with E-state index in [0.717, 1.165) is 0 Å². The fraction of sp³-hybridized carbons (Fsp3) is 0.429. The first-order chi connectivity index (χ1) is 7.39. The maximum absolute atomic E-state index is 11.3. The molecule has 90 valence electrons. The topological polar surface area (TPSA) is 114 Å². The second-order valence-corrected chi connectivity index (χ2v) is 5.95. The van der Waals surface area contributed by atoms with Crippen molar-refractivity contribution in [2.45, 2.75) is 12.2 Å². The number of hydrogen-bond acceptors (Lipinski definition) is 5. The number of rotatable bonds is 4. The third-order valence-electron chi connectivity index (χ3n) is 1.76. The van der Waals surface area contributed by atoms with E-state index in [1.54, 1.807) is 11.6 Å². The second-order valence-electron chi connectivity index (χ2n) is 3.07. The number of urea groups is 1. The number of carbonyl (C=O) groups is 1. The number of sulfonamides is 1. The molecular weight excluding hydrogens is 252 g/mol. The largest absolute Gasteiger partial charge is 0.336 e. The van der Waals surface area contributed by atoms with E-state index in [1.807, 2.05) is 0 Å². The molecule has 0 fully saturated rings. The van der Waals surface area contributed by atoms with Crippen molar-refractivity contribution in [2.75, 3.05) is 11.9 Å². The molecule has 0 saturated heterocycles. The first-order valence-electron chi connectivity index (χ1n) is 4.35. The third kappa shape index (κ3) is 4.13. The minimum Gasteiger partial charge on any atom is -0.336 e. The van der Waals surface area contributed by atoms with Gasteiger partial charge in [-0.25, -0.2) is 23.3 Å². The molecule has 1 aromatic heterocycles. The fourth-order valence-electron chi connectivity index (χ4n) is 0.779.